The minimum absolute atomic E-state index is 0.0219. The molecule has 0 radical (unpaired) electrons. The van der Waals surface area contributed by atoms with Crippen LogP contribution in [0.3, 0.4) is 0 Å². The number of halogens is 1. The molecule has 0 atom stereocenters. The molecule has 2 aromatic rings. The Labute approximate surface area is 119 Å². The van der Waals surface area contributed by atoms with Crippen molar-refractivity contribution >= 4 is 21.9 Å². The van der Waals surface area contributed by atoms with E-state index in [0.29, 0.717) is 6.61 Å². The normalized spacial score (nSPS) is 10.2. The maximum atomic E-state index is 10.8. The van der Waals surface area contributed by atoms with Crippen molar-refractivity contribution in [2.24, 2.45) is 0 Å². The maximum absolute atomic E-state index is 10.8. The maximum Gasteiger partial charge on any atom is 0.354 e. The molecule has 1 aromatic carbocycles. The summed E-state index contributed by atoms with van der Waals surface area (Å²) >= 11 is 3.39. The molecular formula is C14H12BrNO3. The molecule has 0 bridgehead atoms. The highest BCUT2D eigenvalue weighted by Crippen LogP contribution is 2.23. The van der Waals surface area contributed by atoms with Gasteiger partial charge in [0.05, 0.1) is 0 Å². The predicted octanol–water partition coefficient (Wildman–Crippen LogP) is 3.43. The highest BCUT2D eigenvalue weighted by Gasteiger charge is 2.06. The molecule has 0 fully saturated rings. The summed E-state index contributed by atoms with van der Waals surface area (Å²) in [6, 6.07) is 8.98. The number of benzene rings is 1. The molecule has 0 aliphatic heterocycles. The van der Waals surface area contributed by atoms with Crippen LogP contribution >= 0.6 is 15.9 Å². The van der Waals surface area contributed by atoms with E-state index in [1.807, 2.05) is 25.1 Å². The number of ether oxygens (including phenoxy) is 1. The smallest absolute Gasteiger partial charge is 0.354 e. The van der Waals surface area contributed by atoms with Crippen molar-refractivity contribution in [2.45, 2.75) is 13.5 Å². The van der Waals surface area contributed by atoms with Gasteiger partial charge in [0.2, 0.25) is 0 Å². The fraction of sp³-hybridized carbons (Fsp3) is 0.143. The molecule has 98 valence electrons. The highest BCUT2D eigenvalue weighted by molar-refractivity contribution is 9.10. The Morgan fingerprint density at radius 3 is 2.84 bits per heavy atom. The summed E-state index contributed by atoms with van der Waals surface area (Å²) in [7, 11) is 0. The van der Waals surface area contributed by atoms with Crippen LogP contribution in [-0.2, 0) is 6.61 Å². The quantitative estimate of drug-likeness (QED) is 0.937. The largest absolute Gasteiger partial charge is 0.489 e. The lowest BCUT2D eigenvalue weighted by Crippen LogP contribution is -2.03. The van der Waals surface area contributed by atoms with Crippen LogP contribution in [0.25, 0.3) is 0 Å². The number of carboxylic acid groups (broad SMARTS) is 1. The van der Waals surface area contributed by atoms with Crippen LogP contribution in [0.15, 0.2) is 41.0 Å². The van der Waals surface area contributed by atoms with Gasteiger partial charge in [0.15, 0.2) is 0 Å². The van der Waals surface area contributed by atoms with E-state index >= 15 is 0 Å². The predicted molar refractivity (Wildman–Crippen MR) is 74.4 cm³/mol. The number of aryl methyl sites for hydroxylation is 1. The second-order valence-corrected chi connectivity index (χ2v) is 4.97. The standard InChI is InChI=1S/C14H12BrNO3/c1-9-6-11(15)2-3-13(9)19-8-10-4-5-16-12(7-10)14(17)18/h2-7H,8H2,1H3,(H,17,18). The number of carboxylic acids is 1. The van der Waals surface area contributed by atoms with E-state index in [4.69, 9.17) is 9.84 Å². The first-order valence-corrected chi connectivity index (χ1v) is 6.43. The van der Waals surface area contributed by atoms with E-state index in [9.17, 15) is 4.79 Å². The van der Waals surface area contributed by atoms with Crippen LogP contribution in [0, 0.1) is 6.92 Å². The Balaban J connectivity index is 2.10. The molecule has 0 aliphatic rings. The summed E-state index contributed by atoms with van der Waals surface area (Å²) in [5, 5.41) is 8.86. The van der Waals surface area contributed by atoms with Gasteiger partial charge < -0.3 is 9.84 Å². The number of nitrogens with zero attached hydrogens (tertiary/aromatic N) is 1. The third-order valence-electron chi connectivity index (χ3n) is 2.57. The zero-order chi connectivity index (χ0) is 13.8. The molecule has 0 saturated heterocycles. The Kier molecular flexibility index (Phi) is 4.16. The number of aromatic nitrogens is 1. The van der Waals surface area contributed by atoms with Crippen LogP contribution in [0.1, 0.15) is 21.6 Å². The molecule has 4 nitrogen and oxygen atoms in total. The van der Waals surface area contributed by atoms with Gasteiger partial charge in [-0.2, -0.15) is 0 Å². The second kappa shape index (κ2) is 5.84. The zero-order valence-corrected chi connectivity index (χ0v) is 11.8. The van der Waals surface area contributed by atoms with Crippen LogP contribution in [0.4, 0.5) is 0 Å². The third kappa shape index (κ3) is 3.54. The van der Waals surface area contributed by atoms with Gasteiger partial charge in [-0.05, 0) is 48.4 Å². The molecule has 1 aromatic heterocycles. The molecule has 0 amide bonds. The van der Waals surface area contributed by atoms with Crippen molar-refractivity contribution in [3.8, 4) is 5.75 Å². The number of pyridine rings is 1. The lowest BCUT2D eigenvalue weighted by Gasteiger charge is -2.09. The molecule has 0 unspecified atom stereocenters. The van der Waals surface area contributed by atoms with Gasteiger partial charge in [0, 0.05) is 10.7 Å². The van der Waals surface area contributed by atoms with Crippen molar-refractivity contribution in [3.63, 3.8) is 0 Å². The summed E-state index contributed by atoms with van der Waals surface area (Å²) in [5.41, 5.74) is 1.81. The Bertz CT molecular complexity index is 613. The Morgan fingerprint density at radius 2 is 2.16 bits per heavy atom. The van der Waals surface area contributed by atoms with E-state index in [-0.39, 0.29) is 5.69 Å². The first kappa shape index (κ1) is 13.5. The van der Waals surface area contributed by atoms with Gasteiger partial charge in [-0.25, -0.2) is 9.78 Å². The molecule has 0 spiro atoms. The van der Waals surface area contributed by atoms with Gasteiger partial charge in [-0.15, -0.1) is 0 Å². The first-order chi connectivity index (χ1) is 9.06. The van der Waals surface area contributed by atoms with E-state index < -0.39 is 5.97 Å². The van der Waals surface area contributed by atoms with Gasteiger partial charge in [-0.3, -0.25) is 0 Å². The van der Waals surface area contributed by atoms with Crippen molar-refractivity contribution in [1.29, 1.82) is 0 Å². The summed E-state index contributed by atoms with van der Waals surface area (Å²) < 4.78 is 6.67. The minimum atomic E-state index is -1.04. The summed E-state index contributed by atoms with van der Waals surface area (Å²) in [5.74, 6) is -0.265. The van der Waals surface area contributed by atoms with Crippen molar-refractivity contribution < 1.29 is 14.6 Å². The zero-order valence-electron chi connectivity index (χ0n) is 10.3. The third-order valence-corrected chi connectivity index (χ3v) is 3.07. The SMILES string of the molecule is Cc1cc(Br)ccc1OCc1ccnc(C(=O)O)c1. The van der Waals surface area contributed by atoms with E-state index in [1.165, 1.54) is 12.3 Å². The molecule has 0 saturated carbocycles. The van der Waals surface area contributed by atoms with Crippen LogP contribution in [0.5, 0.6) is 5.75 Å². The van der Waals surface area contributed by atoms with Crippen LogP contribution in [0.2, 0.25) is 0 Å². The first-order valence-electron chi connectivity index (χ1n) is 5.63. The van der Waals surface area contributed by atoms with Gasteiger partial charge in [0.25, 0.3) is 0 Å². The van der Waals surface area contributed by atoms with Crippen molar-refractivity contribution in [1.82, 2.24) is 4.98 Å². The monoisotopic (exact) mass is 321 g/mol. The average Bonchev–Trinajstić information content (AvgIpc) is 2.38. The van der Waals surface area contributed by atoms with Crippen molar-refractivity contribution in [3.05, 3.63) is 57.8 Å². The number of hydrogen-bond donors (Lipinski definition) is 1. The lowest BCUT2D eigenvalue weighted by molar-refractivity contribution is 0.0690. The van der Waals surface area contributed by atoms with Crippen LogP contribution in [-0.4, -0.2) is 16.1 Å². The topological polar surface area (TPSA) is 59.4 Å². The fourth-order valence-corrected chi connectivity index (χ4v) is 2.09. The molecule has 19 heavy (non-hydrogen) atoms. The number of rotatable bonds is 4. The van der Waals surface area contributed by atoms with Crippen molar-refractivity contribution in [2.75, 3.05) is 0 Å². The summed E-state index contributed by atoms with van der Waals surface area (Å²) in [6.07, 6.45) is 1.47. The van der Waals surface area contributed by atoms with E-state index in [0.717, 1.165) is 21.3 Å². The Morgan fingerprint density at radius 1 is 1.37 bits per heavy atom. The molecular weight excluding hydrogens is 310 g/mol. The van der Waals surface area contributed by atoms with Gasteiger partial charge >= 0.3 is 5.97 Å². The number of carbonyl (C=O) groups is 1. The Hall–Kier alpha value is -1.88. The summed E-state index contributed by atoms with van der Waals surface area (Å²) in [6.45, 7) is 2.26. The molecule has 1 heterocycles. The number of aromatic carboxylic acids is 1. The molecule has 5 heteroatoms. The minimum Gasteiger partial charge on any atom is -0.489 e. The fourth-order valence-electron chi connectivity index (χ4n) is 1.62. The average molecular weight is 322 g/mol. The lowest BCUT2D eigenvalue weighted by atomic mass is 10.2. The number of hydrogen-bond acceptors (Lipinski definition) is 3. The van der Waals surface area contributed by atoms with Gasteiger partial charge in [-0.1, -0.05) is 15.9 Å². The molecule has 1 N–H and O–H groups in total. The van der Waals surface area contributed by atoms with Gasteiger partial charge in [0.1, 0.15) is 18.1 Å². The van der Waals surface area contributed by atoms with Crippen LogP contribution < -0.4 is 4.74 Å². The second-order valence-electron chi connectivity index (χ2n) is 4.05. The molecule has 2 rings (SSSR count). The van der Waals surface area contributed by atoms with E-state index in [2.05, 4.69) is 20.9 Å². The summed E-state index contributed by atoms with van der Waals surface area (Å²) in [4.78, 5) is 14.6. The highest BCUT2D eigenvalue weighted by atomic mass is 79.9. The van der Waals surface area contributed by atoms with E-state index in [1.54, 1.807) is 6.07 Å². The molecule has 0 aliphatic carbocycles.